The van der Waals surface area contributed by atoms with Crippen LogP contribution >= 0.6 is 11.6 Å². The number of para-hydroxylation sites is 2. The molecule has 0 aromatic heterocycles. The molecule has 0 heterocycles. The average molecular weight is 420 g/mol. The van der Waals surface area contributed by atoms with Crippen molar-refractivity contribution in [3.05, 3.63) is 53.1 Å². The number of anilines is 1. The second-order valence-electron chi connectivity index (χ2n) is 4.79. The van der Waals surface area contributed by atoms with E-state index in [1.54, 1.807) is 4.72 Å². The molecule has 2 rings (SSSR count). The molecule has 0 fully saturated rings. The van der Waals surface area contributed by atoms with Crippen molar-refractivity contribution in [2.24, 2.45) is 0 Å². The molecule has 0 radical (unpaired) electrons. The summed E-state index contributed by atoms with van der Waals surface area (Å²) < 4.78 is 105. The minimum atomic E-state index is -5.10. The second-order valence-corrected chi connectivity index (χ2v) is 6.85. The summed E-state index contributed by atoms with van der Waals surface area (Å²) in [7, 11) is -4.73. The van der Waals surface area contributed by atoms with Crippen LogP contribution in [-0.2, 0) is 16.2 Å². The van der Waals surface area contributed by atoms with E-state index < -0.39 is 49.5 Å². The van der Waals surface area contributed by atoms with Crippen LogP contribution in [0.2, 0.25) is 5.02 Å². The van der Waals surface area contributed by atoms with Gasteiger partial charge in [-0.1, -0.05) is 23.7 Å². The Morgan fingerprint density at radius 3 is 2.15 bits per heavy atom. The fourth-order valence-corrected chi connectivity index (χ4v) is 3.45. The maximum atomic E-state index is 12.8. The highest BCUT2D eigenvalue weighted by Crippen LogP contribution is 2.35. The maximum Gasteiger partial charge on any atom is 0.573 e. The van der Waals surface area contributed by atoms with Crippen molar-refractivity contribution in [3.8, 4) is 5.75 Å². The van der Waals surface area contributed by atoms with E-state index >= 15 is 0 Å². The number of alkyl halides is 6. The van der Waals surface area contributed by atoms with Gasteiger partial charge in [-0.2, -0.15) is 13.2 Å². The highest BCUT2D eigenvalue weighted by Gasteiger charge is 2.34. The number of rotatable bonds is 4. The quantitative estimate of drug-likeness (QED) is 0.705. The molecule has 0 saturated carbocycles. The standard InChI is InChI=1S/C14H8ClF6NO3S/c15-9-6-5-8(13(16,17)18)7-12(9)26(23,24)22-10-3-1-2-4-11(10)25-14(19,20)21/h1-7,22H. The summed E-state index contributed by atoms with van der Waals surface area (Å²) >= 11 is 5.65. The Balaban J connectivity index is 2.45. The molecule has 0 bridgehead atoms. The molecular formula is C14H8ClF6NO3S. The summed E-state index contributed by atoms with van der Waals surface area (Å²) in [6.07, 6.45) is -9.94. The molecule has 2 aromatic carbocycles. The van der Waals surface area contributed by atoms with E-state index in [4.69, 9.17) is 11.6 Å². The molecule has 0 amide bonds. The second kappa shape index (κ2) is 6.88. The zero-order valence-corrected chi connectivity index (χ0v) is 13.9. The molecular weight excluding hydrogens is 412 g/mol. The molecule has 1 N–H and O–H groups in total. The largest absolute Gasteiger partial charge is 0.573 e. The Hall–Kier alpha value is -2.14. The number of benzene rings is 2. The Kier molecular flexibility index (Phi) is 5.34. The van der Waals surface area contributed by atoms with Crippen molar-refractivity contribution >= 4 is 27.3 Å². The summed E-state index contributed by atoms with van der Waals surface area (Å²) in [5, 5.41) is -0.542. The van der Waals surface area contributed by atoms with Crippen LogP contribution in [0, 0.1) is 0 Å². The zero-order chi connectivity index (χ0) is 19.8. The normalized spacial score (nSPS) is 12.7. The smallest absolute Gasteiger partial charge is 0.404 e. The van der Waals surface area contributed by atoms with Crippen molar-refractivity contribution in [3.63, 3.8) is 0 Å². The van der Waals surface area contributed by atoms with Crippen LogP contribution in [0.15, 0.2) is 47.4 Å². The summed E-state index contributed by atoms with van der Waals surface area (Å²) in [6.45, 7) is 0. The first-order valence-electron chi connectivity index (χ1n) is 6.54. The highest BCUT2D eigenvalue weighted by molar-refractivity contribution is 7.92. The van der Waals surface area contributed by atoms with Gasteiger partial charge >= 0.3 is 12.5 Å². The molecule has 0 aliphatic rings. The minimum absolute atomic E-state index is 0.276. The van der Waals surface area contributed by atoms with Gasteiger partial charge in [-0.3, -0.25) is 4.72 Å². The van der Waals surface area contributed by atoms with Crippen LogP contribution in [0.1, 0.15) is 5.56 Å². The summed E-state index contributed by atoms with van der Waals surface area (Å²) in [5.74, 6) is -0.883. The van der Waals surface area contributed by atoms with Crippen molar-refractivity contribution in [1.82, 2.24) is 0 Å². The topological polar surface area (TPSA) is 55.4 Å². The Labute approximate surface area is 148 Å². The van der Waals surface area contributed by atoms with E-state index in [1.165, 1.54) is 6.07 Å². The summed E-state index contributed by atoms with van der Waals surface area (Å²) in [5.41, 5.74) is -1.92. The first-order valence-corrected chi connectivity index (χ1v) is 8.40. The number of hydrogen-bond acceptors (Lipinski definition) is 3. The number of ether oxygens (including phenoxy) is 1. The number of halogens is 7. The number of nitrogens with one attached hydrogen (secondary N) is 1. The minimum Gasteiger partial charge on any atom is -0.404 e. The molecule has 0 aliphatic heterocycles. The monoisotopic (exact) mass is 419 g/mol. The third-order valence-corrected chi connectivity index (χ3v) is 4.75. The van der Waals surface area contributed by atoms with E-state index in [1.807, 2.05) is 0 Å². The molecule has 4 nitrogen and oxygen atoms in total. The molecule has 26 heavy (non-hydrogen) atoms. The van der Waals surface area contributed by atoms with Crippen LogP contribution in [-0.4, -0.2) is 14.8 Å². The summed E-state index contributed by atoms with van der Waals surface area (Å²) in [6, 6.07) is 5.70. The summed E-state index contributed by atoms with van der Waals surface area (Å²) in [4.78, 5) is -0.948. The molecule has 12 heteroatoms. The van der Waals surface area contributed by atoms with Gasteiger partial charge in [0.25, 0.3) is 10.0 Å². The van der Waals surface area contributed by atoms with Crippen LogP contribution in [0.25, 0.3) is 0 Å². The lowest BCUT2D eigenvalue weighted by molar-refractivity contribution is -0.274. The van der Waals surface area contributed by atoms with E-state index in [0.29, 0.717) is 6.07 Å². The first kappa shape index (κ1) is 20.2. The average Bonchev–Trinajstić information content (AvgIpc) is 2.46. The van der Waals surface area contributed by atoms with E-state index in [0.717, 1.165) is 24.3 Å². The fourth-order valence-electron chi connectivity index (χ4n) is 1.85. The van der Waals surface area contributed by atoms with Crippen LogP contribution in [0.5, 0.6) is 5.75 Å². The predicted octanol–water partition coefficient (Wildman–Crippen LogP) is 5.06. The SMILES string of the molecule is O=S(=O)(Nc1ccccc1OC(F)(F)F)c1cc(C(F)(F)F)ccc1Cl. The van der Waals surface area contributed by atoms with Gasteiger partial charge in [-0.05, 0) is 30.3 Å². The molecule has 142 valence electrons. The van der Waals surface area contributed by atoms with Crippen LogP contribution in [0.3, 0.4) is 0 Å². The lowest BCUT2D eigenvalue weighted by Gasteiger charge is -2.16. The van der Waals surface area contributed by atoms with Gasteiger partial charge < -0.3 is 4.74 Å². The predicted molar refractivity (Wildman–Crippen MR) is 80.4 cm³/mol. The Bertz CT molecular complexity index is 912. The number of sulfonamides is 1. The van der Waals surface area contributed by atoms with Gasteiger partial charge in [0.1, 0.15) is 4.90 Å². The first-order chi connectivity index (χ1) is 11.8. The molecule has 0 atom stereocenters. The van der Waals surface area contributed by atoms with Crippen molar-refractivity contribution in [2.45, 2.75) is 17.4 Å². The van der Waals surface area contributed by atoms with E-state index in [2.05, 4.69) is 4.74 Å². The third-order valence-electron chi connectivity index (χ3n) is 2.91. The van der Waals surface area contributed by atoms with Crippen LogP contribution in [0.4, 0.5) is 32.0 Å². The highest BCUT2D eigenvalue weighted by atomic mass is 35.5. The Morgan fingerprint density at radius 1 is 0.962 bits per heavy atom. The fraction of sp³-hybridized carbons (Fsp3) is 0.143. The third kappa shape index (κ3) is 4.94. The lowest BCUT2D eigenvalue weighted by Crippen LogP contribution is -2.20. The van der Waals surface area contributed by atoms with E-state index in [-0.39, 0.29) is 6.07 Å². The van der Waals surface area contributed by atoms with Crippen molar-refractivity contribution in [1.29, 1.82) is 0 Å². The van der Waals surface area contributed by atoms with Gasteiger partial charge in [-0.15, -0.1) is 13.2 Å². The van der Waals surface area contributed by atoms with Crippen molar-refractivity contribution < 1.29 is 39.5 Å². The molecule has 0 unspecified atom stereocenters. The van der Waals surface area contributed by atoms with Gasteiger partial charge in [0.2, 0.25) is 0 Å². The molecule has 0 saturated heterocycles. The lowest BCUT2D eigenvalue weighted by atomic mass is 10.2. The Morgan fingerprint density at radius 2 is 1.58 bits per heavy atom. The van der Waals surface area contributed by atoms with Crippen LogP contribution < -0.4 is 9.46 Å². The van der Waals surface area contributed by atoms with Gasteiger partial charge in [0.15, 0.2) is 5.75 Å². The molecule has 2 aromatic rings. The molecule has 0 aliphatic carbocycles. The number of hydrogen-bond donors (Lipinski definition) is 1. The van der Waals surface area contributed by atoms with Gasteiger partial charge in [0, 0.05) is 0 Å². The molecule has 0 spiro atoms. The van der Waals surface area contributed by atoms with Crippen molar-refractivity contribution in [2.75, 3.05) is 4.72 Å². The van der Waals surface area contributed by atoms with Gasteiger partial charge in [-0.25, -0.2) is 8.42 Å². The maximum absolute atomic E-state index is 12.8. The van der Waals surface area contributed by atoms with Gasteiger partial charge in [0.05, 0.1) is 16.3 Å². The zero-order valence-electron chi connectivity index (χ0n) is 12.3. The van der Waals surface area contributed by atoms with E-state index in [9.17, 15) is 34.8 Å².